The third-order valence-corrected chi connectivity index (χ3v) is 3.35. The molecule has 0 unspecified atom stereocenters. The highest BCUT2D eigenvalue weighted by atomic mass is 16.5. The van der Waals surface area contributed by atoms with E-state index in [1.807, 2.05) is 36.4 Å². The molecule has 1 heterocycles. The fraction of sp³-hybridized carbons (Fsp3) is 0.389. The molecule has 4 heteroatoms. The molecule has 0 atom stereocenters. The molecule has 22 heavy (non-hydrogen) atoms. The molecule has 0 aliphatic carbocycles. The Balaban J connectivity index is 2.15. The molecule has 1 aromatic heterocycles. The van der Waals surface area contributed by atoms with Gasteiger partial charge in [-0.05, 0) is 37.6 Å². The number of nitrogens with one attached hydrogen (secondary N) is 2. The number of hydrogen-bond donors (Lipinski definition) is 2. The average Bonchev–Trinajstić information content (AvgIpc) is 2.55. The number of H-pyrrole nitrogens is 1. The molecular formula is C18H24N2O2. The second kappa shape index (κ2) is 8.39. The van der Waals surface area contributed by atoms with Crippen LogP contribution in [0.2, 0.25) is 0 Å². The first kappa shape index (κ1) is 16.3. The summed E-state index contributed by atoms with van der Waals surface area (Å²) in [6, 6.07) is 11.6. The third kappa shape index (κ3) is 4.46. The van der Waals surface area contributed by atoms with Gasteiger partial charge in [0.1, 0.15) is 5.75 Å². The predicted molar refractivity (Wildman–Crippen MR) is 90.3 cm³/mol. The van der Waals surface area contributed by atoms with Crippen LogP contribution >= 0.6 is 0 Å². The van der Waals surface area contributed by atoms with E-state index in [1.165, 1.54) is 0 Å². The second-order valence-corrected chi connectivity index (χ2v) is 5.28. The van der Waals surface area contributed by atoms with Crippen molar-refractivity contribution in [3.8, 4) is 17.0 Å². The SMILES string of the molecule is CCCNCc1ccc(-c2cccc(OCCC)c2)[nH]c1=O. The van der Waals surface area contributed by atoms with E-state index in [0.29, 0.717) is 13.2 Å². The molecule has 4 nitrogen and oxygen atoms in total. The molecule has 2 N–H and O–H groups in total. The zero-order valence-corrected chi connectivity index (χ0v) is 13.3. The average molecular weight is 300 g/mol. The van der Waals surface area contributed by atoms with Crippen molar-refractivity contribution >= 4 is 0 Å². The molecule has 118 valence electrons. The minimum Gasteiger partial charge on any atom is -0.494 e. The van der Waals surface area contributed by atoms with Crippen LogP contribution in [0.15, 0.2) is 41.2 Å². The monoisotopic (exact) mass is 300 g/mol. The van der Waals surface area contributed by atoms with Crippen LogP contribution in [0.4, 0.5) is 0 Å². The number of benzene rings is 1. The third-order valence-electron chi connectivity index (χ3n) is 3.35. The van der Waals surface area contributed by atoms with Crippen molar-refractivity contribution in [2.24, 2.45) is 0 Å². The van der Waals surface area contributed by atoms with Gasteiger partial charge in [0.2, 0.25) is 0 Å². The van der Waals surface area contributed by atoms with Gasteiger partial charge in [-0.3, -0.25) is 4.79 Å². The van der Waals surface area contributed by atoms with E-state index < -0.39 is 0 Å². The van der Waals surface area contributed by atoms with E-state index in [1.54, 1.807) is 0 Å². The van der Waals surface area contributed by atoms with Crippen LogP contribution < -0.4 is 15.6 Å². The van der Waals surface area contributed by atoms with E-state index in [4.69, 9.17) is 4.74 Å². The fourth-order valence-corrected chi connectivity index (χ4v) is 2.18. The maximum Gasteiger partial charge on any atom is 0.252 e. The Morgan fingerprint density at radius 1 is 1.14 bits per heavy atom. The molecule has 0 aliphatic rings. The molecule has 2 rings (SSSR count). The number of pyridine rings is 1. The molecule has 0 bridgehead atoms. The summed E-state index contributed by atoms with van der Waals surface area (Å²) in [5.74, 6) is 0.828. The number of hydrogen-bond acceptors (Lipinski definition) is 3. The summed E-state index contributed by atoms with van der Waals surface area (Å²) in [5.41, 5.74) is 2.49. The zero-order chi connectivity index (χ0) is 15.8. The van der Waals surface area contributed by atoms with Crippen LogP contribution in [0.25, 0.3) is 11.3 Å². The van der Waals surface area contributed by atoms with Crippen LogP contribution in [0, 0.1) is 0 Å². The Kier molecular flexibility index (Phi) is 6.22. The van der Waals surface area contributed by atoms with Gasteiger partial charge < -0.3 is 15.0 Å². The van der Waals surface area contributed by atoms with Gasteiger partial charge in [-0.2, -0.15) is 0 Å². The van der Waals surface area contributed by atoms with Crippen molar-refractivity contribution < 1.29 is 4.74 Å². The Hall–Kier alpha value is -2.07. The van der Waals surface area contributed by atoms with Crippen LogP contribution in [0.1, 0.15) is 32.3 Å². The normalized spacial score (nSPS) is 10.6. The lowest BCUT2D eigenvalue weighted by Crippen LogP contribution is -2.21. The first-order valence-corrected chi connectivity index (χ1v) is 7.90. The molecule has 0 fully saturated rings. The predicted octanol–water partition coefficient (Wildman–Crippen LogP) is 3.33. The Bertz CT molecular complexity index is 650. The van der Waals surface area contributed by atoms with Gasteiger partial charge in [0.15, 0.2) is 0 Å². The largest absolute Gasteiger partial charge is 0.494 e. The first-order chi connectivity index (χ1) is 10.7. The lowest BCUT2D eigenvalue weighted by atomic mass is 10.1. The van der Waals surface area contributed by atoms with Gasteiger partial charge in [-0.1, -0.05) is 32.0 Å². The van der Waals surface area contributed by atoms with Crippen molar-refractivity contribution in [1.29, 1.82) is 0 Å². The van der Waals surface area contributed by atoms with Crippen molar-refractivity contribution in [3.05, 3.63) is 52.3 Å². The molecular weight excluding hydrogens is 276 g/mol. The van der Waals surface area contributed by atoms with Gasteiger partial charge in [-0.15, -0.1) is 0 Å². The molecule has 0 aliphatic heterocycles. The zero-order valence-electron chi connectivity index (χ0n) is 13.3. The molecule has 0 spiro atoms. The van der Waals surface area contributed by atoms with Crippen LogP contribution in [0.5, 0.6) is 5.75 Å². The summed E-state index contributed by atoms with van der Waals surface area (Å²) in [6.07, 6.45) is 2.03. The number of rotatable bonds is 8. The van der Waals surface area contributed by atoms with Gasteiger partial charge in [0, 0.05) is 23.4 Å². The van der Waals surface area contributed by atoms with Gasteiger partial charge in [0.25, 0.3) is 5.56 Å². The Morgan fingerprint density at radius 3 is 2.73 bits per heavy atom. The minimum atomic E-state index is -0.0408. The van der Waals surface area contributed by atoms with E-state index >= 15 is 0 Å². The standard InChI is InChI=1S/C18H24N2O2/c1-3-10-19-13-15-8-9-17(20-18(15)21)14-6-5-7-16(12-14)22-11-4-2/h5-9,12,19H,3-4,10-11,13H2,1-2H3,(H,20,21). The maximum absolute atomic E-state index is 12.1. The summed E-state index contributed by atoms with van der Waals surface area (Å²) in [6.45, 7) is 6.39. The Labute approximate surface area is 131 Å². The molecule has 0 radical (unpaired) electrons. The quantitative estimate of drug-likeness (QED) is 0.735. The van der Waals surface area contributed by atoms with E-state index in [-0.39, 0.29) is 5.56 Å². The summed E-state index contributed by atoms with van der Waals surface area (Å²) in [4.78, 5) is 15.1. The van der Waals surface area contributed by atoms with Crippen molar-refractivity contribution in [1.82, 2.24) is 10.3 Å². The number of ether oxygens (including phenoxy) is 1. The molecule has 0 saturated carbocycles. The van der Waals surface area contributed by atoms with Crippen LogP contribution in [-0.2, 0) is 6.54 Å². The number of aromatic amines is 1. The Morgan fingerprint density at radius 2 is 2.00 bits per heavy atom. The van der Waals surface area contributed by atoms with Crippen LogP contribution in [-0.4, -0.2) is 18.1 Å². The molecule has 0 saturated heterocycles. The number of aromatic nitrogens is 1. The van der Waals surface area contributed by atoms with Gasteiger partial charge >= 0.3 is 0 Å². The fourth-order valence-electron chi connectivity index (χ4n) is 2.18. The van der Waals surface area contributed by atoms with E-state index in [2.05, 4.69) is 24.1 Å². The molecule has 1 aromatic carbocycles. The summed E-state index contributed by atoms with van der Waals surface area (Å²) in [7, 11) is 0. The van der Waals surface area contributed by atoms with Gasteiger partial charge in [-0.25, -0.2) is 0 Å². The summed E-state index contributed by atoms with van der Waals surface area (Å²) in [5, 5.41) is 3.24. The smallest absolute Gasteiger partial charge is 0.252 e. The van der Waals surface area contributed by atoms with Crippen molar-refractivity contribution in [3.63, 3.8) is 0 Å². The van der Waals surface area contributed by atoms with Crippen molar-refractivity contribution in [2.45, 2.75) is 33.2 Å². The first-order valence-electron chi connectivity index (χ1n) is 7.90. The highest BCUT2D eigenvalue weighted by molar-refractivity contribution is 5.61. The highest BCUT2D eigenvalue weighted by Gasteiger charge is 2.04. The topological polar surface area (TPSA) is 54.1 Å². The van der Waals surface area contributed by atoms with E-state index in [9.17, 15) is 4.79 Å². The molecule has 0 amide bonds. The van der Waals surface area contributed by atoms with Crippen LogP contribution in [0.3, 0.4) is 0 Å². The summed E-state index contributed by atoms with van der Waals surface area (Å²) < 4.78 is 5.63. The summed E-state index contributed by atoms with van der Waals surface area (Å²) >= 11 is 0. The van der Waals surface area contributed by atoms with E-state index in [0.717, 1.165) is 42.0 Å². The lowest BCUT2D eigenvalue weighted by Gasteiger charge is -2.08. The lowest BCUT2D eigenvalue weighted by molar-refractivity contribution is 0.317. The second-order valence-electron chi connectivity index (χ2n) is 5.28. The van der Waals surface area contributed by atoms with Crippen molar-refractivity contribution in [2.75, 3.05) is 13.2 Å². The highest BCUT2D eigenvalue weighted by Crippen LogP contribution is 2.21. The molecule has 2 aromatic rings. The maximum atomic E-state index is 12.1. The minimum absolute atomic E-state index is 0.0408. The van der Waals surface area contributed by atoms with Gasteiger partial charge in [0.05, 0.1) is 6.61 Å².